The van der Waals surface area contributed by atoms with Gasteiger partial charge in [-0.05, 0) is 25.3 Å². The van der Waals surface area contributed by atoms with Crippen molar-refractivity contribution in [2.75, 3.05) is 30.5 Å². The van der Waals surface area contributed by atoms with Crippen LogP contribution in [0.5, 0.6) is 6.01 Å². The van der Waals surface area contributed by atoms with Crippen molar-refractivity contribution in [2.45, 2.75) is 19.3 Å². The Kier molecular flexibility index (Phi) is 5.43. The summed E-state index contributed by atoms with van der Waals surface area (Å²) < 4.78 is 5.17. The minimum atomic E-state index is 0.265. The van der Waals surface area contributed by atoms with Crippen LogP contribution >= 0.6 is 11.6 Å². The first kappa shape index (κ1) is 16.4. The largest absolute Gasteiger partial charge is 0.467 e. The van der Waals surface area contributed by atoms with Crippen LogP contribution in [0.3, 0.4) is 0 Å². The van der Waals surface area contributed by atoms with E-state index in [2.05, 4.69) is 30.4 Å². The average molecular weight is 347 g/mol. The Morgan fingerprint density at radius 3 is 2.71 bits per heavy atom. The first-order chi connectivity index (χ1) is 11.8. The normalized spacial score (nSPS) is 14.8. The highest BCUT2D eigenvalue weighted by Gasteiger charge is 2.16. The zero-order valence-corrected chi connectivity index (χ0v) is 14.2. The summed E-state index contributed by atoms with van der Waals surface area (Å²) >= 11 is 6.09. The lowest BCUT2D eigenvalue weighted by molar-refractivity contribution is 0.378. The highest BCUT2D eigenvalue weighted by Crippen LogP contribution is 2.19. The molecule has 1 N–H and O–H groups in total. The first-order valence-corrected chi connectivity index (χ1v) is 8.22. The lowest BCUT2D eigenvalue weighted by Crippen LogP contribution is -2.31. The minimum Gasteiger partial charge on any atom is -0.467 e. The number of nitrogens with zero attached hydrogens (tertiary/aromatic N) is 5. The summed E-state index contributed by atoms with van der Waals surface area (Å²) in [7, 11) is 1.53. The van der Waals surface area contributed by atoms with Gasteiger partial charge in [0, 0.05) is 23.7 Å². The van der Waals surface area contributed by atoms with Crippen LogP contribution in [0.1, 0.15) is 24.8 Å². The molecule has 8 heteroatoms. The number of nitrogens with one attached hydrogen (secondary N) is 1. The van der Waals surface area contributed by atoms with Crippen LogP contribution in [0.2, 0.25) is 5.02 Å². The third-order valence-electron chi connectivity index (χ3n) is 3.70. The Morgan fingerprint density at radius 2 is 1.96 bits per heavy atom. The number of aromatic nitrogens is 3. The lowest BCUT2D eigenvalue weighted by Gasteiger charge is -2.26. The summed E-state index contributed by atoms with van der Waals surface area (Å²) in [5.74, 6) is 0.947. The molecule has 126 valence electrons. The molecule has 1 aliphatic heterocycles. The Morgan fingerprint density at radius 1 is 1.17 bits per heavy atom. The van der Waals surface area contributed by atoms with Crippen molar-refractivity contribution in [3.63, 3.8) is 0 Å². The van der Waals surface area contributed by atoms with Gasteiger partial charge in [-0.3, -0.25) is 0 Å². The van der Waals surface area contributed by atoms with Gasteiger partial charge in [-0.15, -0.1) is 0 Å². The maximum atomic E-state index is 6.09. The van der Waals surface area contributed by atoms with Gasteiger partial charge < -0.3 is 9.64 Å². The van der Waals surface area contributed by atoms with E-state index in [1.807, 2.05) is 24.3 Å². The second-order valence-electron chi connectivity index (χ2n) is 5.38. The minimum absolute atomic E-state index is 0.265. The SMILES string of the molecule is COc1nc(N/N=C\c2ccccc2Cl)nc(N2CCCCC2)n1. The molecule has 1 fully saturated rings. The van der Waals surface area contributed by atoms with Gasteiger partial charge in [0.25, 0.3) is 5.95 Å². The summed E-state index contributed by atoms with van der Waals surface area (Å²) in [6.07, 6.45) is 5.15. The molecule has 1 aromatic carbocycles. The van der Waals surface area contributed by atoms with Gasteiger partial charge in [0.05, 0.1) is 13.3 Å². The topological polar surface area (TPSA) is 75.5 Å². The number of benzene rings is 1. The van der Waals surface area contributed by atoms with Gasteiger partial charge in [0.15, 0.2) is 0 Å². The highest BCUT2D eigenvalue weighted by molar-refractivity contribution is 6.33. The van der Waals surface area contributed by atoms with Crippen molar-refractivity contribution in [1.82, 2.24) is 15.0 Å². The molecule has 3 rings (SSSR count). The lowest BCUT2D eigenvalue weighted by atomic mass is 10.1. The Balaban J connectivity index is 1.76. The van der Waals surface area contributed by atoms with E-state index >= 15 is 0 Å². The van der Waals surface area contributed by atoms with Gasteiger partial charge in [-0.25, -0.2) is 5.43 Å². The molecule has 0 spiro atoms. The molecule has 1 aromatic heterocycles. The fraction of sp³-hybridized carbons (Fsp3) is 0.375. The number of hydrogen-bond donors (Lipinski definition) is 1. The molecule has 1 aliphatic rings. The molecule has 2 aromatic rings. The molecule has 0 saturated carbocycles. The standard InChI is InChI=1S/C16H19ClN6O/c1-24-16-20-14(19-15(21-16)23-9-5-2-6-10-23)22-18-11-12-7-3-4-8-13(12)17/h3-4,7-8,11H,2,5-6,9-10H2,1H3,(H,19,20,21,22)/b18-11-. The molecular formula is C16H19ClN6O. The Labute approximate surface area is 145 Å². The summed E-state index contributed by atoms with van der Waals surface area (Å²) in [5, 5.41) is 4.78. The van der Waals surface area contributed by atoms with E-state index in [4.69, 9.17) is 16.3 Å². The number of anilines is 2. The Bertz CT molecular complexity index is 717. The molecular weight excluding hydrogens is 328 g/mol. The molecule has 0 unspecified atom stereocenters. The van der Waals surface area contributed by atoms with Crippen LogP contribution in [0.4, 0.5) is 11.9 Å². The molecule has 0 bridgehead atoms. The maximum absolute atomic E-state index is 6.09. The second-order valence-corrected chi connectivity index (χ2v) is 5.79. The summed E-state index contributed by atoms with van der Waals surface area (Å²) in [6.45, 7) is 1.88. The van der Waals surface area contributed by atoms with Crippen LogP contribution in [0.15, 0.2) is 29.4 Å². The second kappa shape index (κ2) is 7.92. The smallest absolute Gasteiger partial charge is 0.322 e. The van der Waals surface area contributed by atoms with Gasteiger partial charge >= 0.3 is 6.01 Å². The summed E-state index contributed by atoms with van der Waals surface area (Å²) in [6, 6.07) is 7.72. The van der Waals surface area contributed by atoms with Crippen LogP contribution < -0.4 is 15.1 Å². The number of hydrazone groups is 1. The van der Waals surface area contributed by atoms with Gasteiger partial charge in [0.2, 0.25) is 5.95 Å². The number of methoxy groups -OCH3 is 1. The maximum Gasteiger partial charge on any atom is 0.322 e. The van der Waals surface area contributed by atoms with E-state index < -0.39 is 0 Å². The highest BCUT2D eigenvalue weighted by atomic mass is 35.5. The van der Waals surface area contributed by atoms with E-state index in [1.54, 1.807) is 6.21 Å². The molecule has 24 heavy (non-hydrogen) atoms. The quantitative estimate of drug-likeness (QED) is 0.662. The van der Waals surface area contributed by atoms with E-state index in [0.29, 0.717) is 16.9 Å². The van der Waals surface area contributed by atoms with Crippen molar-refractivity contribution >= 4 is 29.7 Å². The summed E-state index contributed by atoms with van der Waals surface area (Å²) in [5.41, 5.74) is 3.63. The first-order valence-electron chi connectivity index (χ1n) is 7.85. The van der Waals surface area contributed by atoms with E-state index in [0.717, 1.165) is 31.5 Å². The Hall–Kier alpha value is -2.41. The molecule has 7 nitrogen and oxygen atoms in total. The number of hydrogen-bond acceptors (Lipinski definition) is 7. The number of piperidine rings is 1. The fourth-order valence-corrected chi connectivity index (χ4v) is 2.65. The fourth-order valence-electron chi connectivity index (χ4n) is 2.46. The van der Waals surface area contributed by atoms with Crippen molar-refractivity contribution in [3.8, 4) is 6.01 Å². The molecule has 1 saturated heterocycles. The van der Waals surface area contributed by atoms with E-state index in [9.17, 15) is 0 Å². The molecule has 2 heterocycles. The van der Waals surface area contributed by atoms with Gasteiger partial charge in [0.1, 0.15) is 0 Å². The van der Waals surface area contributed by atoms with Crippen LogP contribution in [-0.2, 0) is 0 Å². The monoisotopic (exact) mass is 346 g/mol. The predicted molar refractivity (Wildman–Crippen MR) is 95.1 cm³/mol. The number of ether oxygens (including phenoxy) is 1. The van der Waals surface area contributed by atoms with E-state index in [1.165, 1.54) is 13.5 Å². The number of rotatable bonds is 5. The van der Waals surface area contributed by atoms with Crippen LogP contribution in [0, 0.1) is 0 Å². The van der Waals surface area contributed by atoms with Gasteiger partial charge in [-0.1, -0.05) is 29.8 Å². The van der Waals surface area contributed by atoms with Crippen molar-refractivity contribution < 1.29 is 4.74 Å². The third-order valence-corrected chi connectivity index (χ3v) is 4.04. The zero-order valence-electron chi connectivity index (χ0n) is 13.4. The van der Waals surface area contributed by atoms with E-state index in [-0.39, 0.29) is 6.01 Å². The zero-order chi connectivity index (χ0) is 16.8. The average Bonchev–Trinajstić information content (AvgIpc) is 2.64. The van der Waals surface area contributed by atoms with Crippen LogP contribution in [-0.4, -0.2) is 41.4 Å². The van der Waals surface area contributed by atoms with Crippen molar-refractivity contribution in [3.05, 3.63) is 34.9 Å². The van der Waals surface area contributed by atoms with Crippen molar-refractivity contribution in [1.29, 1.82) is 0 Å². The number of halogens is 1. The van der Waals surface area contributed by atoms with Crippen LogP contribution in [0.25, 0.3) is 0 Å². The predicted octanol–water partition coefficient (Wildman–Crippen LogP) is 2.97. The molecule has 0 amide bonds. The molecule has 0 radical (unpaired) electrons. The van der Waals surface area contributed by atoms with Gasteiger partial charge in [-0.2, -0.15) is 20.1 Å². The molecule has 0 atom stereocenters. The van der Waals surface area contributed by atoms with Crippen molar-refractivity contribution in [2.24, 2.45) is 5.10 Å². The third kappa shape index (κ3) is 4.11. The summed E-state index contributed by atoms with van der Waals surface area (Å²) in [4.78, 5) is 15.1. The molecule has 0 aliphatic carbocycles.